The monoisotopic (exact) mass is 317 g/mol. The molecular formula is C10H8BrNO4S. The van der Waals surface area contributed by atoms with Crippen LogP contribution in [0.1, 0.15) is 10.4 Å². The van der Waals surface area contributed by atoms with Gasteiger partial charge in [0.1, 0.15) is 4.90 Å². The van der Waals surface area contributed by atoms with Crippen molar-refractivity contribution in [2.75, 3.05) is 13.2 Å². The van der Waals surface area contributed by atoms with Crippen LogP contribution in [0.25, 0.3) is 0 Å². The summed E-state index contributed by atoms with van der Waals surface area (Å²) in [7, 11) is -3.68. The van der Waals surface area contributed by atoms with E-state index in [2.05, 4.69) is 15.9 Å². The number of nitrogens with zero attached hydrogens (tertiary/aromatic N) is 1. The van der Waals surface area contributed by atoms with Crippen LogP contribution in [0.5, 0.6) is 0 Å². The minimum Gasteiger partial charge on any atom is -0.371 e. The predicted molar refractivity (Wildman–Crippen MR) is 62.1 cm³/mol. The van der Waals surface area contributed by atoms with Gasteiger partial charge in [0.05, 0.1) is 24.8 Å². The van der Waals surface area contributed by atoms with Gasteiger partial charge in [0.2, 0.25) is 0 Å². The number of hydrogen-bond acceptors (Lipinski definition) is 4. The lowest BCUT2D eigenvalue weighted by atomic mass is 10.2. The second-order valence-corrected chi connectivity index (χ2v) is 6.68. The number of hydrogen-bond donors (Lipinski definition) is 0. The van der Waals surface area contributed by atoms with E-state index in [0.29, 0.717) is 11.1 Å². The maximum absolute atomic E-state index is 12.1. The predicted octanol–water partition coefficient (Wildman–Crippen LogP) is 0.992. The van der Waals surface area contributed by atoms with Crippen LogP contribution in [-0.2, 0) is 14.8 Å². The number of carbonyl (C=O) groups is 1. The number of amides is 1. The standard InChI is InChI=1S/C10H8BrNO4S/c11-6-1-2-9-8(3-6)10(13)12(17(9,14)15)4-7-5-16-7/h1-3,7H,4-5H2. The van der Waals surface area contributed by atoms with Crippen LogP contribution in [0.15, 0.2) is 27.6 Å². The van der Waals surface area contributed by atoms with Gasteiger partial charge in [-0.3, -0.25) is 4.79 Å². The van der Waals surface area contributed by atoms with E-state index in [-0.39, 0.29) is 23.1 Å². The molecule has 2 aliphatic rings. The Hall–Kier alpha value is -0.920. The molecule has 1 aromatic carbocycles. The summed E-state index contributed by atoms with van der Waals surface area (Å²) < 4.78 is 30.7. The highest BCUT2D eigenvalue weighted by molar-refractivity contribution is 9.10. The van der Waals surface area contributed by atoms with E-state index in [0.717, 1.165) is 4.31 Å². The molecule has 17 heavy (non-hydrogen) atoms. The van der Waals surface area contributed by atoms with E-state index >= 15 is 0 Å². The number of rotatable bonds is 2. The van der Waals surface area contributed by atoms with Crippen molar-refractivity contribution < 1.29 is 17.9 Å². The zero-order valence-electron chi connectivity index (χ0n) is 8.59. The fourth-order valence-corrected chi connectivity index (χ4v) is 3.74. The van der Waals surface area contributed by atoms with Crippen LogP contribution in [0, 0.1) is 0 Å². The Morgan fingerprint density at radius 2 is 2.18 bits per heavy atom. The summed E-state index contributed by atoms with van der Waals surface area (Å²) in [5.74, 6) is -0.475. The van der Waals surface area contributed by atoms with Crippen molar-refractivity contribution in [1.29, 1.82) is 0 Å². The van der Waals surface area contributed by atoms with Crippen LogP contribution in [0.4, 0.5) is 0 Å². The van der Waals surface area contributed by atoms with E-state index in [1.807, 2.05) is 0 Å². The van der Waals surface area contributed by atoms with E-state index in [1.54, 1.807) is 6.07 Å². The Balaban J connectivity index is 2.10. The summed E-state index contributed by atoms with van der Waals surface area (Å²) in [6.45, 7) is 0.618. The minimum atomic E-state index is -3.68. The number of epoxide rings is 1. The van der Waals surface area contributed by atoms with Crippen LogP contribution >= 0.6 is 15.9 Å². The Morgan fingerprint density at radius 1 is 1.47 bits per heavy atom. The second kappa shape index (κ2) is 3.54. The molecule has 0 bridgehead atoms. The summed E-state index contributed by atoms with van der Waals surface area (Å²) in [5, 5.41) is 0. The molecule has 0 aliphatic carbocycles. The van der Waals surface area contributed by atoms with Crippen LogP contribution in [0.2, 0.25) is 0 Å². The quantitative estimate of drug-likeness (QED) is 0.763. The third-order valence-corrected chi connectivity index (χ3v) is 5.04. The Labute approximate surface area is 107 Å². The summed E-state index contributed by atoms with van der Waals surface area (Å²) in [4.78, 5) is 12.1. The molecule has 0 aromatic heterocycles. The van der Waals surface area contributed by atoms with Gasteiger partial charge in [-0.25, -0.2) is 12.7 Å². The summed E-state index contributed by atoms with van der Waals surface area (Å²) in [6, 6.07) is 4.59. The van der Waals surface area contributed by atoms with Crippen molar-refractivity contribution in [2.45, 2.75) is 11.0 Å². The molecular weight excluding hydrogens is 310 g/mol. The molecule has 0 N–H and O–H groups in total. The Morgan fingerprint density at radius 3 is 2.82 bits per heavy atom. The highest BCUT2D eigenvalue weighted by Gasteiger charge is 2.44. The van der Waals surface area contributed by atoms with Gasteiger partial charge in [-0.1, -0.05) is 15.9 Å². The first-order valence-corrected chi connectivity index (χ1v) is 7.21. The molecule has 2 heterocycles. The van der Waals surface area contributed by atoms with E-state index in [4.69, 9.17) is 4.74 Å². The number of carbonyl (C=O) groups excluding carboxylic acids is 1. The van der Waals surface area contributed by atoms with Gasteiger partial charge in [-0.15, -0.1) is 0 Å². The molecule has 3 rings (SSSR count). The second-order valence-electron chi connectivity index (χ2n) is 3.94. The molecule has 1 fully saturated rings. The summed E-state index contributed by atoms with van der Waals surface area (Å²) in [6.07, 6.45) is -0.147. The molecule has 1 saturated heterocycles. The SMILES string of the molecule is O=C1c2cc(Br)ccc2S(=O)(=O)N1CC1CO1. The molecule has 1 aromatic rings. The first-order chi connectivity index (χ1) is 8.00. The highest BCUT2D eigenvalue weighted by atomic mass is 79.9. The van der Waals surface area contributed by atoms with Gasteiger partial charge in [0.25, 0.3) is 15.9 Å². The van der Waals surface area contributed by atoms with Gasteiger partial charge in [0.15, 0.2) is 0 Å². The number of halogens is 1. The number of fused-ring (bicyclic) bond motifs is 1. The lowest BCUT2D eigenvalue weighted by molar-refractivity contribution is 0.0864. The van der Waals surface area contributed by atoms with Crippen molar-refractivity contribution in [2.24, 2.45) is 0 Å². The topological polar surface area (TPSA) is 67.0 Å². The summed E-state index contributed by atoms with van der Waals surface area (Å²) >= 11 is 3.22. The lowest BCUT2D eigenvalue weighted by Gasteiger charge is -2.12. The number of sulfonamides is 1. The average molecular weight is 318 g/mol. The minimum absolute atomic E-state index is 0.0753. The molecule has 1 unspecified atom stereocenters. The van der Waals surface area contributed by atoms with Gasteiger partial charge in [0, 0.05) is 4.47 Å². The zero-order chi connectivity index (χ0) is 12.2. The smallest absolute Gasteiger partial charge is 0.269 e. The molecule has 0 saturated carbocycles. The molecule has 7 heteroatoms. The highest BCUT2D eigenvalue weighted by Crippen LogP contribution is 2.33. The maximum atomic E-state index is 12.1. The molecule has 1 amide bonds. The Bertz CT molecular complexity index is 609. The van der Waals surface area contributed by atoms with Crippen molar-refractivity contribution >= 4 is 31.9 Å². The van der Waals surface area contributed by atoms with Crippen LogP contribution in [0.3, 0.4) is 0 Å². The van der Waals surface area contributed by atoms with E-state index in [1.165, 1.54) is 12.1 Å². The molecule has 0 spiro atoms. The average Bonchev–Trinajstić information content (AvgIpc) is 3.05. The molecule has 2 aliphatic heterocycles. The fourth-order valence-electron chi connectivity index (χ4n) is 1.80. The maximum Gasteiger partial charge on any atom is 0.269 e. The molecule has 5 nitrogen and oxygen atoms in total. The van der Waals surface area contributed by atoms with Crippen LogP contribution < -0.4 is 0 Å². The lowest BCUT2D eigenvalue weighted by Crippen LogP contribution is -2.33. The van der Waals surface area contributed by atoms with Crippen molar-refractivity contribution in [3.8, 4) is 0 Å². The van der Waals surface area contributed by atoms with Gasteiger partial charge >= 0.3 is 0 Å². The zero-order valence-corrected chi connectivity index (χ0v) is 11.0. The molecule has 1 atom stereocenters. The largest absolute Gasteiger partial charge is 0.371 e. The van der Waals surface area contributed by atoms with E-state index < -0.39 is 15.9 Å². The van der Waals surface area contributed by atoms with Gasteiger partial charge in [-0.05, 0) is 18.2 Å². The van der Waals surface area contributed by atoms with E-state index in [9.17, 15) is 13.2 Å². The van der Waals surface area contributed by atoms with Crippen LogP contribution in [-0.4, -0.2) is 37.9 Å². The van der Waals surface area contributed by atoms with Crippen molar-refractivity contribution in [1.82, 2.24) is 4.31 Å². The molecule has 90 valence electrons. The third-order valence-electron chi connectivity index (χ3n) is 2.74. The number of benzene rings is 1. The summed E-state index contributed by atoms with van der Waals surface area (Å²) in [5.41, 5.74) is 0.222. The van der Waals surface area contributed by atoms with Gasteiger partial charge in [-0.2, -0.15) is 0 Å². The first kappa shape index (κ1) is 11.2. The normalized spacial score (nSPS) is 24.9. The Kier molecular flexibility index (Phi) is 2.33. The van der Waals surface area contributed by atoms with Gasteiger partial charge < -0.3 is 4.74 Å². The molecule has 0 radical (unpaired) electrons. The number of ether oxygens (including phenoxy) is 1. The fraction of sp³-hybridized carbons (Fsp3) is 0.300. The first-order valence-electron chi connectivity index (χ1n) is 4.98. The third kappa shape index (κ3) is 1.69. The van der Waals surface area contributed by atoms with Crippen molar-refractivity contribution in [3.63, 3.8) is 0 Å². The van der Waals surface area contributed by atoms with Crippen molar-refractivity contribution in [3.05, 3.63) is 28.2 Å².